The van der Waals surface area contributed by atoms with E-state index in [-0.39, 0.29) is 0 Å². The Hall–Kier alpha value is -1.91. The van der Waals surface area contributed by atoms with Crippen LogP contribution in [0.5, 0.6) is 0 Å². The van der Waals surface area contributed by atoms with E-state index in [4.69, 9.17) is 0 Å². The standard InChI is InChI=1S/C21H21P/c1-16-10-4-7-13-19(16)22(20-14-8-5-11-17(20)2)21-15-9-6-12-18(21)3/h4-15H,1-3H3/p+1. The van der Waals surface area contributed by atoms with Crippen LogP contribution in [0, 0.1) is 20.8 Å². The molecule has 0 radical (unpaired) electrons. The molecule has 0 atom stereocenters. The first-order valence-electron chi connectivity index (χ1n) is 7.73. The minimum Gasteiger partial charge on any atom is -0.0617 e. The van der Waals surface area contributed by atoms with E-state index in [1.165, 1.54) is 32.6 Å². The summed E-state index contributed by atoms with van der Waals surface area (Å²) in [6.45, 7) is 6.70. The van der Waals surface area contributed by atoms with Gasteiger partial charge in [-0.2, -0.15) is 0 Å². The molecule has 0 aliphatic heterocycles. The third-order valence-corrected chi connectivity index (χ3v) is 7.54. The van der Waals surface area contributed by atoms with Crippen molar-refractivity contribution in [3.8, 4) is 0 Å². The first-order valence-corrected chi connectivity index (χ1v) is 9.23. The van der Waals surface area contributed by atoms with Gasteiger partial charge in [0.1, 0.15) is 15.9 Å². The Balaban J connectivity index is 2.27. The highest BCUT2D eigenvalue weighted by atomic mass is 31.1. The van der Waals surface area contributed by atoms with Gasteiger partial charge in [-0.05, 0) is 55.7 Å². The van der Waals surface area contributed by atoms with Crippen LogP contribution in [0.15, 0.2) is 72.8 Å². The fourth-order valence-electron chi connectivity index (χ4n) is 3.00. The Morgan fingerprint density at radius 2 is 0.727 bits per heavy atom. The summed E-state index contributed by atoms with van der Waals surface area (Å²) in [4.78, 5) is 0. The molecule has 0 saturated heterocycles. The van der Waals surface area contributed by atoms with Gasteiger partial charge in [-0.3, -0.25) is 0 Å². The van der Waals surface area contributed by atoms with E-state index in [2.05, 4.69) is 93.6 Å². The highest BCUT2D eigenvalue weighted by Crippen LogP contribution is 2.36. The SMILES string of the molecule is Cc1ccccc1[PH+](c1ccccc1C)c1ccccc1C. The summed E-state index contributed by atoms with van der Waals surface area (Å²) in [5.41, 5.74) is 4.17. The van der Waals surface area contributed by atoms with Crippen LogP contribution >= 0.6 is 7.92 Å². The van der Waals surface area contributed by atoms with Crippen LogP contribution in [0.25, 0.3) is 0 Å². The van der Waals surface area contributed by atoms with Crippen LogP contribution in [-0.4, -0.2) is 0 Å². The van der Waals surface area contributed by atoms with Crippen molar-refractivity contribution >= 4 is 23.8 Å². The van der Waals surface area contributed by atoms with E-state index in [1.807, 2.05) is 0 Å². The zero-order chi connectivity index (χ0) is 15.5. The number of hydrogen-bond donors (Lipinski definition) is 0. The summed E-state index contributed by atoms with van der Waals surface area (Å²) in [6, 6.07) is 26.5. The number of benzene rings is 3. The molecular weight excluding hydrogens is 283 g/mol. The molecule has 0 aliphatic rings. The second kappa shape index (κ2) is 6.46. The highest BCUT2D eigenvalue weighted by molar-refractivity contribution is 7.80. The molecule has 3 aromatic carbocycles. The molecule has 0 N–H and O–H groups in total. The highest BCUT2D eigenvalue weighted by Gasteiger charge is 2.29. The van der Waals surface area contributed by atoms with Crippen molar-refractivity contribution in [2.75, 3.05) is 0 Å². The van der Waals surface area contributed by atoms with Gasteiger partial charge in [0.25, 0.3) is 0 Å². The number of rotatable bonds is 3. The van der Waals surface area contributed by atoms with E-state index in [0.717, 1.165) is 0 Å². The van der Waals surface area contributed by atoms with Crippen molar-refractivity contribution in [3.05, 3.63) is 89.5 Å². The zero-order valence-corrected chi connectivity index (χ0v) is 14.4. The molecule has 0 bridgehead atoms. The van der Waals surface area contributed by atoms with Gasteiger partial charge in [0.15, 0.2) is 0 Å². The monoisotopic (exact) mass is 305 g/mol. The molecule has 3 aromatic rings. The average molecular weight is 305 g/mol. The molecule has 110 valence electrons. The van der Waals surface area contributed by atoms with Gasteiger partial charge >= 0.3 is 0 Å². The maximum atomic E-state index is 2.31. The van der Waals surface area contributed by atoms with Crippen molar-refractivity contribution in [1.82, 2.24) is 0 Å². The Labute approximate surface area is 134 Å². The summed E-state index contributed by atoms with van der Waals surface area (Å²) in [5, 5.41) is 4.49. The Bertz CT molecular complexity index is 681. The fourth-order valence-corrected chi connectivity index (χ4v) is 6.09. The van der Waals surface area contributed by atoms with E-state index < -0.39 is 7.92 Å². The Morgan fingerprint density at radius 3 is 1.00 bits per heavy atom. The topological polar surface area (TPSA) is 0 Å². The lowest BCUT2D eigenvalue weighted by Crippen LogP contribution is -2.25. The predicted octanol–water partition coefficient (Wildman–Crippen LogP) is 4.10. The van der Waals surface area contributed by atoms with Crippen molar-refractivity contribution < 1.29 is 0 Å². The van der Waals surface area contributed by atoms with E-state index in [9.17, 15) is 0 Å². The lowest BCUT2D eigenvalue weighted by Gasteiger charge is -2.16. The molecular formula is C21H22P+. The summed E-state index contributed by atoms with van der Waals surface area (Å²) < 4.78 is 0. The van der Waals surface area contributed by atoms with Gasteiger partial charge in [0, 0.05) is 0 Å². The quantitative estimate of drug-likeness (QED) is 0.639. The lowest BCUT2D eigenvalue weighted by molar-refractivity contribution is 1.49. The van der Waals surface area contributed by atoms with E-state index >= 15 is 0 Å². The van der Waals surface area contributed by atoms with Crippen LogP contribution < -0.4 is 15.9 Å². The fraction of sp³-hybridized carbons (Fsp3) is 0.143. The second-order valence-electron chi connectivity index (χ2n) is 5.82. The Morgan fingerprint density at radius 1 is 0.455 bits per heavy atom. The maximum absolute atomic E-state index is 2.31. The first kappa shape index (κ1) is 15.0. The average Bonchev–Trinajstić information content (AvgIpc) is 2.53. The van der Waals surface area contributed by atoms with Gasteiger partial charge in [-0.1, -0.05) is 54.6 Å². The van der Waals surface area contributed by atoms with Crippen LogP contribution in [0.4, 0.5) is 0 Å². The number of hydrogen-bond acceptors (Lipinski definition) is 0. The first-order chi connectivity index (χ1) is 10.7. The molecule has 3 rings (SSSR count). The lowest BCUT2D eigenvalue weighted by atomic mass is 10.2. The van der Waals surface area contributed by atoms with E-state index in [1.54, 1.807) is 0 Å². The molecule has 0 spiro atoms. The van der Waals surface area contributed by atoms with Gasteiger partial charge < -0.3 is 0 Å². The maximum Gasteiger partial charge on any atom is 0.105 e. The summed E-state index contributed by atoms with van der Waals surface area (Å²) in [5.74, 6) is 0. The van der Waals surface area contributed by atoms with Crippen LogP contribution in [0.3, 0.4) is 0 Å². The van der Waals surface area contributed by atoms with Crippen molar-refractivity contribution in [3.63, 3.8) is 0 Å². The zero-order valence-electron chi connectivity index (χ0n) is 13.4. The molecule has 1 heteroatoms. The van der Waals surface area contributed by atoms with Crippen LogP contribution in [0.2, 0.25) is 0 Å². The van der Waals surface area contributed by atoms with Gasteiger partial charge in [-0.25, -0.2) is 0 Å². The predicted molar refractivity (Wildman–Crippen MR) is 101 cm³/mol. The summed E-state index contributed by atoms with van der Waals surface area (Å²) >= 11 is 0. The van der Waals surface area contributed by atoms with Crippen LogP contribution in [-0.2, 0) is 0 Å². The summed E-state index contributed by atoms with van der Waals surface area (Å²) in [7, 11) is -0.968. The smallest absolute Gasteiger partial charge is 0.0617 e. The molecule has 0 heterocycles. The molecule has 0 aromatic heterocycles. The molecule has 0 unspecified atom stereocenters. The molecule has 0 nitrogen and oxygen atoms in total. The summed E-state index contributed by atoms with van der Waals surface area (Å²) in [6.07, 6.45) is 0. The third-order valence-electron chi connectivity index (χ3n) is 4.24. The molecule has 0 fully saturated rings. The largest absolute Gasteiger partial charge is 0.105 e. The van der Waals surface area contributed by atoms with Crippen molar-refractivity contribution in [1.29, 1.82) is 0 Å². The van der Waals surface area contributed by atoms with Crippen LogP contribution in [0.1, 0.15) is 16.7 Å². The minimum atomic E-state index is -0.968. The Kier molecular flexibility index (Phi) is 4.41. The van der Waals surface area contributed by atoms with Crippen molar-refractivity contribution in [2.45, 2.75) is 20.8 Å². The number of aryl methyl sites for hydroxylation is 3. The second-order valence-corrected chi connectivity index (χ2v) is 8.19. The molecule has 22 heavy (non-hydrogen) atoms. The van der Waals surface area contributed by atoms with E-state index in [0.29, 0.717) is 0 Å². The van der Waals surface area contributed by atoms with Gasteiger partial charge in [-0.15, -0.1) is 0 Å². The third kappa shape index (κ3) is 2.85. The molecule has 0 amide bonds. The minimum absolute atomic E-state index is 0.968. The van der Waals surface area contributed by atoms with Crippen molar-refractivity contribution in [2.24, 2.45) is 0 Å². The normalized spacial score (nSPS) is 10.9. The molecule has 0 saturated carbocycles. The molecule has 0 aliphatic carbocycles. The van der Waals surface area contributed by atoms with Gasteiger partial charge in [0.05, 0.1) is 7.92 Å². The van der Waals surface area contributed by atoms with Gasteiger partial charge in [0.2, 0.25) is 0 Å².